The summed E-state index contributed by atoms with van der Waals surface area (Å²) in [5.41, 5.74) is 3.21. The van der Waals surface area contributed by atoms with Gasteiger partial charge in [0, 0.05) is 37.3 Å². The Morgan fingerprint density at radius 2 is 2.00 bits per heavy atom. The minimum absolute atomic E-state index is 0.0139. The van der Waals surface area contributed by atoms with E-state index in [1.165, 1.54) is 12.1 Å². The van der Waals surface area contributed by atoms with Crippen molar-refractivity contribution in [2.24, 2.45) is 0 Å². The van der Waals surface area contributed by atoms with Gasteiger partial charge in [0.2, 0.25) is 0 Å². The smallest absolute Gasteiger partial charge is 0.272 e. The van der Waals surface area contributed by atoms with Gasteiger partial charge in [-0.2, -0.15) is 0 Å². The van der Waals surface area contributed by atoms with E-state index < -0.39 is 5.82 Å². The molecule has 7 nitrogen and oxygen atoms in total. The van der Waals surface area contributed by atoms with Crippen molar-refractivity contribution in [2.75, 3.05) is 13.1 Å². The van der Waals surface area contributed by atoms with Crippen molar-refractivity contribution >= 4 is 45.7 Å². The molecule has 0 bridgehead atoms. The summed E-state index contributed by atoms with van der Waals surface area (Å²) in [7, 11) is 0. The number of imidazole rings is 1. The molecule has 188 valence electrons. The third-order valence-corrected chi connectivity index (χ3v) is 7.69. The van der Waals surface area contributed by atoms with E-state index in [-0.39, 0.29) is 33.1 Å². The van der Waals surface area contributed by atoms with Crippen LogP contribution in [0.2, 0.25) is 10.2 Å². The summed E-state index contributed by atoms with van der Waals surface area (Å²) in [6.07, 6.45) is 3.55. The van der Waals surface area contributed by atoms with Crippen molar-refractivity contribution in [1.82, 2.24) is 24.3 Å². The highest BCUT2D eigenvalue weighted by molar-refractivity contribution is 6.42. The van der Waals surface area contributed by atoms with Crippen molar-refractivity contribution in [3.63, 3.8) is 0 Å². The Labute approximate surface area is 220 Å². The third kappa shape index (κ3) is 4.30. The molecule has 10 heteroatoms. The van der Waals surface area contributed by atoms with Gasteiger partial charge in [-0.15, -0.1) is 0 Å². The number of carbonyl (C=O) groups excluding carboxylic acids is 1. The molecule has 1 fully saturated rings. The summed E-state index contributed by atoms with van der Waals surface area (Å²) in [5, 5.41) is 0.486. The lowest BCUT2D eigenvalue weighted by Crippen LogP contribution is -2.39. The first-order chi connectivity index (χ1) is 17.9. The molecule has 0 saturated carbocycles. The number of rotatable bonds is 4. The molecule has 0 radical (unpaired) electrons. The number of para-hydroxylation sites is 2. The standard InChI is InChI=1S/C27H22Cl2FN5O2/c28-19-12-23-26(36)31-13-17(35(23)24(19)29)10-15-7-8-20(30)18(11-15)27(37)34-9-3-4-16(14-34)25-32-21-5-1-2-6-22(21)33-25/h1-2,5-8,11-13,16H,3-4,9-10,14H2,(H,31,36)(H,32,33). The first-order valence-corrected chi connectivity index (χ1v) is 12.7. The highest BCUT2D eigenvalue weighted by atomic mass is 35.5. The van der Waals surface area contributed by atoms with Gasteiger partial charge in [0.25, 0.3) is 11.5 Å². The molecular weight excluding hydrogens is 516 g/mol. The third-order valence-electron chi connectivity index (χ3n) is 6.94. The van der Waals surface area contributed by atoms with Crippen LogP contribution in [0.1, 0.15) is 46.2 Å². The zero-order chi connectivity index (χ0) is 25.7. The van der Waals surface area contributed by atoms with Crippen LogP contribution in [0.3, 0.4) is 0 Å². The fourth-order valence-corrected chi connectivity index (χ4v) is 5.54. The number of fused-ring (bicyclic) bond motifs is 2. The van der Waals surface area contributed by atoms with Crippen molar-refractivity contribution in [3.05, 3.63) is 104 Å². The zero-order valence-corrected chi connectivity index (χ0v) is 21.1. The van der Waals surface area contributed by atoms with Gasteiger partial charge in [0.05, 0.1) is 21.6 Å². The van der Waals surface area contributed by atoms with Gasteiger partial charge in [-0.25, -0.2) is 9.37 Å². The lowest BCUT2D eigenvalue weighted by Gasteiger charge is -2.32. The van der Waals surface area contributed by atoms with Gasteiger partial charge in [0.15, 0.2) is 0 Å². The second kappa shape index (κ2) is 9.36. The van der Waals surface area contributed by atoms with Crippen molar-refractivity contribution in [2.45, 2.75) is 25.2 Å². The number of nitrogens with zero attached hydrogens (tertiary/aromatic N) is 3. The van der Waals surface area contributed by atoms with Crippen LogP contribution in [-0.4, -0.2) is 43.2 Å². The van der Waals surface area contributed by atoms with Crippen LogP contribution in [0, 0.1) is 5.82 Å². The molecule has 1 saturated heterocycles. The van der Waals surface area contributed by atoms with E-state index in [0.29, 0.717) is 36.3 Å². The van der Waals surface area contributed by atoms with E-state index in [0.717, 1.165) is 29.7 Å². The summed E-state index contributed by atoms with van der Waals surface area (Å²) in [6, 6.07) is 13.8. The number of piperidine rings is 1. The summed E-state index contributed by atoms with van der Waals surface area (Å²) < 4.78 is 16.5. The maximum absolute atomic E-state index is 14.9. The molecule has 0 spiro atoms. The second-order valence-electron chi connectivity index (χ2n) is 9.33. The van der Waals surface area contributed by atoms with Crippen LogP contribution < -0.4 is 5.56 Å². The average molecular weight is 538 g/mol. The number of halogens is 3. The molecule has 6 rings (SSSR count). The number of hydrogen-bond donors (Lipinski definition) is 2. The number of H-pyrrole nitrogens is 2. The second-order valence-corrected chi connectivity index (χ2v) is 10.1. The average Bonchev–Trinajstić information content (AvgIpc) is 3.48. The molecular formula is C27H22Cl2FN5O2. The molecule has 4 heterocycles. The van der Waals surface area contributed by atoms with E-state index in [2.05, 4.69) is 9.97 Å². The number of hydrogen-bond acceptors (Lipinski definition) is 3. The van der Waals surface area contributed by atoms with Gasteiger partial charge >= 0.3 is 0 Å². The number of likely N-dealkylation sites (tertiary alicyclic amines) is 1. The van der Waals surface area contributed by atoms with Crippen LogP contribution in [0.15, 0.2) is 59.5 Å². The zero-order valence-electron chi connectivity index (χ0n) is 19.6. The highest BCUT2D eigenvalue weighted by Crippen LogP contribution is 2.29. The maximum atomic E-state index is 14.9. The van der Waals surface area contributed by atoms with Gasteiger partial charge in [-0.05, 0) is 48.7 Å². The maximum Gasteiger partial charge on any atom is 0.272 e. The summed E-state index contributed by atoms with van der Waals surface area (Å²) in [5.74, 6) is -0.0363. The number of amides is 1. The topological polar surface area (TPSA) is 86.3 Å². The van der Waals surface area contributed by atoms with E-state index in [1.807, 2.05) is 24.3 Å². The lowest BCUT2D eigenvalue weighted by atomic mass is 9.96. The van der Waals surface area contributed by atoms with Crippen molar-refractivity contribution in [3.8, 4) is 0 Å². The van der Waals surface area contributed by atoms with E-state index >= 15 is 0 Å². The quantitative estimate of drug-likeness (QED) is 0.314. The fourth-order valence-electron chi connectivity index (χ4n) is 5.10. The Morgan fingerprint density at radius 1 is 1.16 bits per heavy atom. The van der Waals surface area contributed by atoms with E-state index in [4.69, 9.17) is 28.2 Å². The summed E-state index contributed by atoms with van der Waals surface area (Å²) in [4.78, 5) is 38.1. The molecule has 3 aromatic heterocycles. The number of nitrogens with one attached hydrogen (secondary N) is 2. The van der Waals surface area contributed by atoms with Gasteiger partial charge in [-0.3, -0.25) is 14.0 Å². The molecule has 1 aliphatic heterocycles. The molecule has 5 aromatic rings. The lowest BCUT2D eigenvalue weighted by molar-refractivity contribution is 0.0700. The first kappa shape index (κ1) is 23.8. The highest BCUT2D eigenvalue weighted by Gasteiger charge is 2.29. The number of benzene rings is 2. The predicted molar refractivity (Wildman–Crippen MR) is 141 cm³/mol. The Hall–Kier alpha value is -3.62. The Kier molecular flexibility index (Phi) is 6.01. The van der Waals surface area contributed by atoms with Crippen molar-refractivity contribution < 1.29 is 9.18 Å². The van der Waals surface area contributed by atoms with Crippen LogP contribution in [-0.2, 0) is 6.42 Å². The van der Waals surface area contributed by atoms with Crippen LogP contribution in [0.5, 0.6) is 0 Å². The van der Waals surface area contributed by atoms with Gasteiger partial charge < -0.3 is 14.9 Å². The predicted octanol–water partition coefficient (Wildman–Crippen LogP) is 5.56. The van der Waals surface area contributed by atoms with Crippen LogP contribution in [0.25, 0.3) is 16.6 Å². The monoisotopic (exact) mass is 537 g/mol. The number of carbonyl (C=O) groups is 1. The summed E-state index contributed by atoms with van der Waals surface area (Å²) in [6.45, 7) is 1.01. The van der Waals surface area contributed by atoms with Crippen LogP contribution >= 0.6 is 23.2 Å². The minimum atomic E-state index is -0.576. The molecule has 1 aliphatic rings. The molecule has 37 heavy (non-hydrogen) atoms. The Balaban J connectivity index is 1.27. The van der Waals surface area contributed by atoms with Crippen LogP contribution in [0.4, 0.5) is 4.39 Å². The molecule has 1 unspecified atom stereocenters. The van der Waals surface area contributed by atoms with Crippen molar-refractivity contribution in [1.29, 1.82) is 0 Å². The fraction of sp³-hybridized carbons (Fsp3) is 0.222. The number of aromatic amines is 2. The molecule has 2 N–H and O–H groups in total. The first-order valence-electron chi connectivity index (χ1n) is 12.0. The summed E-state index contributed by atoms with van der Waals surface area (Å²) >= 11 is 12.5. The largest absolute Gasteiger partial charge is 0.342 e. The molecule has 2 aromatic carbocycles. The van der Waals surface area contributed by atoms with Gasteiger partial charge in [-0.1, -0.05) is 41.4 Å². The van der Waals surface area contributed by atoms with Gasteiger partial charge in [0.1, 0.15) is 22.3 Å². The molecule has 1 amide bonds. The minimum Gasteiger partial charge on any atom is -0.342 e. The Bertz CT molecular complexity index is 1690. The van der Waals surface area contributed by atoms with E-state index in [1.54, 1.807) is 27.6 Å². The number of aromatic nitrogens is 4. The molecule has 1 atom stereocenters. The normalized spacial score (nSPS) is 16.1. The SMILES string of the molecule is O=C(c1cc(Cc2c[nH]c(=O)c3cc(Cl)c(Cl)n23)ccc1F)N1CCCC(c2nc3ccccc3[nH]2)C1. The Morgan fingerprint density at radius 3 is 2.84 bits per heavy atom. The molecule has 0 aliphatic carbocycles. The van der Waals surface area contributed by atoms with E-state index in [9.17, 15) is 14.0 Å².